The summed E-state index contributed by atoms with van der Waals surface area (Å²) in [4.78, 5) is 4.01. The predicted octanol–water partition coefficient (Wildman–Crippen LogP) is 5.81. The number of aliphatic hydroxyl groups is 1. The second kappa shape index (κ2) is 16.8. The van der Waals surface area contributed by atoms with Crippen molar-refractivity contribution in [2.75, 3.05) is 12.9 Å². The van der Waals surface area contributed by atoms with E-state index in [2.05, 4.69) is 33.2 Å². The van der Waals surface area contributed by atoms with Crippen molar-refractivity contribution in [2.24, 2.45) is 5.73 Å². The van der Waals surface area contributed by atoms with Gasteiger partial charge in [-0.2, -0.15) is 0 Å². The Morgan fingerprint density at radius 3 is 2.52 bits per heavy atom. The average molecular weight is 532 g/mol. The highest BCUT2D eigenvalue weighted by atomic mass is 79.9. The molecule has 0 aliphatic carbocycles. The van der Waals surface area contributed by atoms with Crippen molar-refractivity contribution in [3.05, 3.63) is 119 Å². The first kappa shape index (κ1) is 28.3. The second-order valence-corrected chi connectivity index (χ2v) is 7.84. The normalized spacial score (nSPS) is 13.0. The molecule has 0 amide bonds. The second-order valence-electron chi connectivity index (χ2n) is 6.18. The van der Waals surface area contributed by atoms with Gasteiger partial charge in [0.2, 0.25) is 0 Å². The van der Waals surface area contributed by atoms with E-state index >= 15 is 0 Å². The molecule has 0 saturated heterocycles. The van der Waals surface area contributed by atoms with Gasteiger partial charge in [0.05, 0.1) is 12.3 Å². The third-order valence-electron chi connectivity index (χ3n) is 3.82. The standard InChI is InChI=1S/C23H22BrFN2O2S.C2H5N/c1-30-15-11-19(24)16-22(28)29-14-3-2-4-21(17-9-12-27-13-10-17)23(26)18-5-7-20(25)8-6-18;1-2-3/h2-13,15-16,22,26,28H,14H2,1H3;2H,1,3H2/b3-2+,15-11-,19-16-,21-4+,26-23?;. The highest BCUT2D eigenvalue weighted by molar-refractivity contribution is 9.11. The predicted molar refractivity (Wildman–Crippen MR) is 141 cm³/mol. The zero-order chi connectivity index (χ0) is 24.5. The quantitative estimate of drug-likeness (QED) is 0.204. The smallest absolute Gasteiger partial charge is 0.175 e. The summed E-state index contributed by atoms with van der Waals surface area (Å²) < 4.78 is 19.3. The zero-order valence-electron chi connectivity index (χ0n) is 18.2. The van der Waals surface area contributed by atoms with Gasteiger partial charge < -0.3 is 15.6 Å². The summed E-state index contributed by atoms with van der Waals surface area (Å²) in [5.74, 6) is -0.346. The summed E-state index contributed by atoms with van der Waals surface area (Å²) in [7, 11) is 0. The number of nitrogens with zero attached hydrogens (tertiary/aromatic N) is 1. The van der Waals surface area contributed by atoms with Gasteiger partial charge in [-0.05, 0) is 72.0 Å². The van der Waals surface area contributed by atoms with Crippen LogP contribution in [0.5, 0.6) is 0 Å². The maximum Gasteiger partial charge on any atom is 0.175 e. The summed E-state index contributed by atoms with van der Waals surface area (Å²) in [5.41, 5.74) is 6.95. The van der Waals surface area contributed by atoms with E-state index in [1.807, 2.05) is 29.9 Å². The van der Waals surface area contributed by atoms with Gasteiger partial charge in [-0.3, -0.25) is 10.4 Å². The highest BCUT2D eigenvalue weighted by Crippen LogP contribution is 2.20. The number of thioether (sulfide) groups is 1. The molecule has 0 aliphatic rings. The number of nitrogens with one attached hydrogen (secondary N) is 1. The largest absolute Gasteiger partial charge is 0.405 e. The molecule has 174 valence electrons. The average Bonchev–Trinajstić information content (AvgIpc) is 2.81. The highest BCUT2D eigenvalue weighted by Gasteiger charge is 2.10. The Hall–Kier alpha value is -2.78. The van der Waals surface area contributed by atoms with Crippen molar-refractivity contribution in [1.82, 2.24) is 4.98 Å². The van der Waals surface area contributed by atoms with Crippen LogP contribution in [-0.4, -0.2) is 35.0 Å². The first-order chi connectivity index (χ1) is 15.9. The number of allylic oxidation sites excluding steroid dienone is 5. The van der Waals surface area contributed by atoms with Crippen LogP contribution in [0.25, 0.3) is 5.57 Å². The molecule has 2 aromatic rings. The summed E-state index contributed by atoms with van der Waals surface area (Å²) in [5, 5.41) is 20.3. The SMILES string of the molecule is C=CN.CS/C=C\C(Br)=C\C(O)OC/C=C/C=C(/C(=N)c1ccc(F)cc1)c1ccncc1. The molecule has 0 radical (unpaired) electrons. The Kier molecular flexibility index (Phi) is 14.4. The molecule has 1 heterocycles. The van der Waals surface area contributed by atoms with E-state index in [-0.39, 0.29) is 18.1 Å². The molecule has 4 N–H and O–H groups in total. The molecule has 1 aromatic carbocycles. The van der Waals surface area contributed by atoms with Crippen LogP contribution < -0.4 is 5.73 Å². The van der Waals surface area contributed by atoms with Crippen molar-refractivity contribution < 1.29 is 14.2 Å². The van der Waals surface area contributed by atoms with Crippen LogP contribution in [0.4, 0.5) is 4.39 Å². The Morgan fingerprint density at radius 2 is 1.91 bits per heavy atom. The molecule has 1 unspecified atom stereocenters. The molecular formula is C25H27BrFN3O2S. The van der Waals surface area contributed by atoms with Crippen LogP contribution in [0, 0.1) is 11.2 Å². The van der Waals surface area contributed by atoms with E-state index in [1.54, 1.807) is 60.6 Å². The number of ether oxygens (including phenoxy) is 1. The number of pyridine rings is 1. The molecule has 0 bridgehead atoms. The summed E-state index contributed by atoms with van der Waals surface area (Å²) in [6.45, 7) is 3.33. The molecular weight excluding hydrogens is 505 g/mol. The molecule has 0 fully saturated rings. The van der Waals surface area contributed by atoms with Crippen molar-refractivity contribution in [3.8, 4) is 0 Å². The van der Waals surface area contributed by atoms with Crippen LogP contribution in [0.15, 0.2) is 102 Å². The maximum atomic E-state index is 13.2. The summed E-state index contributed by atoms with van der Waals surface area (Å²) in [6.07, 6.45) is 14.1. The Morgan fingerprint density at radius 1 is 1.27 bits per heavy atom. The van der Waals surface area contributed by atoms with E-state index in [0.717, 1.165) is 10.0 Å². The van der Waals surface area contributed by atoms with Crippen LogP contribution in [0.2, 0.25) is 0 Å². The molecule has 1 atom stereocenters. The van der Waals surface area contributed by atoms with E-state index < -0.39 is 6.29 Å². The Balaban J connectivity index is 0.00000172. The molecule has 1 aromatic heterocycles. The first-order valence-electron chi connectivity index (χ1n) is 9.74. The van der Waals surface area contributed by atoms with Gasteiger partial charge in [-0.15, -0.1) is 11.8 Å². The fraction of sp³-hybridized carbons (Fsp3) is 0.120. The minimum absolute atomic E-state index is 0.189. The van der Waals surface area contributed by atoms with Gasteiger partial charge in [0.15, 0.2) is 6.29 Å². The molecule has 0 aliphatic heterocycles. The molecule has 8 heteroatoms. The summed E-state index contributed by atoms with van der Waals surface area (Å²) >= 11 is 4.88. The van der Waals surface area contributed by atoms with Crippen molar-refractivity contribution in [2.45, 2.75) is 6.29 Å². The summed E-state index contributed by atoms with van der Waals surface area (Å²) in [6, 6.07) is 9.43. The number of hydrogen-bond acceptors (Lipinski definition) is 6. The Labute approximate surface area is 206 Å². The van der Waals surface area contributed by atoms with Gasteiger partial charge in [-0.25, -0.2) is 4.39 Å². The maximum absolute atomic E-state index is 13.2. The third kappa shape index (κ3) is 11.6. The van der Waals surface area contributed by atoms with Gasteiger partial charge in [0.25, 0.3) is 0 Å². The number of nitrogens with two attached hydrogens (primary N) is 1. The van der Waals surface area contributed by atoms with E-state index in [4.69, 9.17) is 10.1 Å². The number of aliphatic hydroxyl groups excluding tert-OH is 1. The number of benzene rings is 1. The zero-order valence-corrected chi connectivity index (χ0v) is 20.6. The van der Waals surface area contributed by atoms with E-state index in [9.17, 15) is 9.50 Å². The topological polar surface area (TPSA) is 92.2 Å². The fourth-order valence-electron chi connectivity index (χ4n) is 2.37. The van der Waals surface area contributed by atoms with E-state index in [0.29, 0.717) is 11.1 Å². The number of rotatable bonds is 10. The minimum atomic E-state index is -1.04. The van der Waals surface area contributed by atoms with Gasteiger partial charge in [0, 0.05) is 28.0 Å². The fourth-order valence-corrected chi connectivity index (χ4v) is 3.19. The van der Waals surface area contributed by atoms with Crippen molar-refractivity contribution in [1.29, 1.82) is 5.41 Å². The van der Waals surface area contributed by atoms with Crippen LogP contribution >= 0.6 is 27.7 Å². The van der Waals surface area contributed by atoms with Crippen LogP contribution in [0.1, 0.15) is 11.1 Å². The number of halogens is 2. The molecule has 0 saturated carbocycles. The number of hydrogen-bond donors (Lipinski definition) is 3. The minimum Gasteiger partial charge on any atom is -0.405 e. The Bertz CT molecular complexity index is 990. The van der Waals surface area contributed by atoms with Gasteiger partial charge in [0.1, 0.15) is 5.82 Å². The van der Waals surface area contributed by atoms with Gasteiger partial charge >= 0.3 is 0 Å². The van der Waals surface area contributed by atoms with Crippen molar-refractivity contribution >= 4 is 39.0 Å². The monoisotopic (exact) mass is 531 g/mol. The lowest BCUT2D eigenvalue weighted by Crippen LogP contribution is -2.08. The lowest BCUT2D eigenvalue weighted by molar-refractivity contribution is -0.0523. The lowest BCUT2D eigenvalue weighted by Gasteiger charge is -2.09. The lowest BCUT2D eigenvalue weighted by atomic mass is 9.96. The third-order valence-corrected chi connectivity index (χ3v) is 4.76. The molecule has 33 heavy (non-hydrogen) atoms. The van der Waals surface area contributed by atoms with Crippen molar-refractivity contribution in [3.63, 3.8) is 0 Å². The number of aromatic nitrogens is 1. The van der Waals surface area contributed by atoms with Crippen LogP contribution in [0.3, 0.4) is 0 Å². The molecule has 2 rings (SSSR count). The van der Waals surface area contributed by atoms with E-state index in [1.165, 1.54) is 18.3 Å². The van der Waals surface area contributed by atoms with Crippen LogP contribution in [-0.2, 0) is 4.74 Å². The van der Waals surface area contributed by atoms with Gasteiger partial charge in [-0.1, -0.05) is 40.7 Å². The first-order valence-corrected chi connectivity index (χ1v) is 11.8. The molecule has 5 nitrogen and oxygen atoms in total. The molecule has 0 spiro atoms.